The van der Waals surface area contributed by atoms with Crippen LogP contribution < -0.4 is 0 Å². The van der Waals surface area contributed by atoms with Crippen LogP contribution in [-0.2, 0) is 4.74 Å². The van der Waals surface area contributed by atoms with Crippen LogP contribution in [0.2, 0.25) is 0 Å². The highest BCUT2D eigenvalue weighted by atomic mass is 35.5. The summed E-state index contributed by atoms with van der Waals surface area (Å²) in [5.74, 6) is -0.674. The molecule has 0 fully saturated rings. The molecular weight excluding hydrogens is 350 g/mol. The predicted molar refractivity (Wildman–Crippen MR) is 107 cm³/mol. The maximum Gasteiger partial charge on any atom is 0.355 e. The standard InChI is InChI=1S/C21H34ClNO3/c1-3-4-5-6-7-8-9-10-11-12-14-18(22)17-20(24)23-16-13-15-19(23)21(25)26-2/h13,15-16,18H,3-12,14,17H2,1-2H3. The largest absolute Gasteiger partial charge is 0.464 e. The number of rotatable bonds is 14. The summed E-state index contributed by atoms with van der Waals surface area (Å²) in [7, 11) is 1.31. The van der Waals surface area contributed by atoms with Gasteiger partial charge in [-0.15, -0.1) is 11.6 Å². The third-order valence-corrected chi connectivity index (χ3v) is 5.05. The first-order chi connectivity index (χ1) is 12.6. The van der Waals surface area contributed by atoms with Gasteiger partial charge in [0, 0.05) is 18.0 Å². The van der Waals surface area contributed by atoms with Gasteiger partial charge in [0.2, 0.25) is 5.91 Å². The molecule has 1 rings (SSSR count). The van der Waals surface area contributed by atoms with Gasteiger partial charge in [-0.3, -0.25) is 9.36 Å². The van der Waals surface area contributed by atoms with E-state index in [1.165, 1.54) is 69.5 Å². The summed E-state index contributed by atoms with van der Waals surface area (Å²) in [6, 6.07) is 3.24. The highest BCUT2D eigenvalue weighted by Crippen LogP contribution is 2.17. The number of carbonyl (C=O) groups is 2. The van der Waals surface area contributed by atoms with E-state index in [-0.39, 0.29) is 23.4 Å². The van der Waals surface area contributed by atoms with Gasteiger partial charge in [0.1, 0.15) is 5.69 Å². The second-order valence-electron chi connectivity index (χ2n) is 6.92. The average molecular weight is 384 g/mol. The van der Waals surface area contributed by atoms with E-state index in [1.807, 2.05) is 0 Å². The Kier molecular flexibility index (Phi) is 12.1. The fourth-order valence-corrected chi connectivity index (χ4v) is 3.40. The van der Waals surface area contributed by atoms with Crippen molar-refractivity contribution in [3.8, 4) is 0 Å². The van der Waals surface area contributed by atoms with Crippen LogP contribution in [0, 0.1) is 0 Å². The number of hydrogen-bond donors (Lipinski definition) is 0. The number of hydrogen-bond acceptors (Lipinski definition) is 3. The molecule has 0 bridgehead atoms. The number of unbranched alkanes of at least 4 members (excludes halogenated alkanes) is 9. The molecule has 5 heteroatoms. The Morgan fingerprint density at radius 1 is 1.04 bits per heavy atom. The molecule has 0 radical (unpaired) electrons. The predicted octanol–water partition coefficient (Wildman–Crippen LogP) is 6.22. The van der Waals surface area contributed by atoms with Crippen LogP contribution in [0.1, 0.15) is 99.3 Å². The maximum absolute atomic E-state index is 12.3. The van der Waals surface area contributed by atoms with Crippen LogP contribution in [0.5, 0.6) is 0 Å². The minimum Gasteiger partial charge on any atom is -0.464 e. The summed E-state index contributed by atoms with van der Waals surface area (Å²) in [5.41, 5.74) is 0.250. The van der Waals surface area contributed by atoms with E-state index in [0.717, 1.165) is 12.8 Å². The summed E-state index contributed by atoms with van der Waals surface area (Å²) in [5, 5.41) is -0.190. The van der Waals surface area contributed by atoms with Crippen molar-refractivity contribution in [3.63, 3.8) is 0 Å². The Morgan fingerprint density at radius 2 is 1.62 bits per heavy atom. The van der Waals surface area contributed by atoms with E-state index in [4.69, 9.17) is 11.6 Å². The van der Waals surface area contributed by atoms with Gasteiger partial charge in [0.05, 0.1) is 7.11 Å². The van der Waals surface area contributed by atoms with Crippen molar-refractivity contribution in [3.05, 3.63) is 24.0 Å². The number of aromatic nitrogens is 1. The third kappa shape index (κ3) is 8.88. The minimum absolute atomic E-state index is 0.164. The zero-order valence-corrected chi connectivity index (χ0v) is 17.1. The second-order valence-corrected chi connectivity index (χ2v) is 7.54. The van der Waals surface area contributed by atoms with Crippen molar-refractivity contribution in [2.24, 2.45) is 0 Å². The lowest BCUT2D eigenvalue weighted by molar-refractivity contribution is 0.0580. The number of nitrogens with zero attached hydrogens (tertiary/aromatic N) is 1. The van der Waals surface area contributed by atoms with Gasteiger partial charge in [-0.05, 0) is 18.6 Å². The van der Waals surface area contributed by atoms with E-state index < -0.39 is 5.97 Å². The van der Waals surface area contributed by atoms with E-state index >= 15 is 0 Å². The second kappa shape index (κ2) is 13.9. The van der Waals surface area contributed by atoms with Gasteiger partial charge in [-0.2, -0.15) is 0 Å². The molecule has 1 heterocycles. The van der Waals surface area contributed by atoms with E-state index in [2.05, 4.69) is 11.7 Å². The highest BCUT2D eigenvalue weighted by Gasteiger charge is 2.18. The fourth-order valence-electron chi connectivity index (χ4n) is 3.11. The van der Waals surface area contributed by atoms with Crippen LogP contribution >= 0.6 is 11.6 Å². The molecule has 0 aliphatic heterocycles. The Morgan fingerprint density at radius 3 is 2.19 bits per heavy atom. The summed E-state index contributed by atoms with van der Waals surface area (Å²) in [6.07, 6.45) is 15.5. The molecule has 1 atom stereocenters. The van der Waals surface area contributed by atoms with E-state index in [1.54, 1.807) is 18.3 Å². The summed E-state index contributed by atoms with van der Waals surface area (Å²) < 4.78 is 6.02. The Labute approximate surface area is 163 Å². The van der Waals surface area contributed by atoms with Gasteiger partial charge in [0.25, 0.3) is 0 Å². The number of carbonyl (C=O) groups excluding carboxylic acids is 2. The molecular formula is C21H34ClNO3. The SMILES string of the molecule is CCCCCCCCCCCCC(Cl)CC(=O)n1cccc1C(=O)OC. The zero-order valence-electron chi connectivity index (χ0n) is 16.3. The van der Waals surface area contributed by atoms with Crippen molar-refractivity contribution in [1.82, 2.24) is 4.57 Å². The molecule has 0 spiro atoms. The summed E-state index contributed by atoms with van der Waals surface area (Å²) >= 11 is 6.32. The van der Waals surface area contributed by atoms with Crippen molar-refractivity contribution in [2.75, 3.05) is 7.11 Å². The van der Waals surface area contributed by atoms with Gasteiger partial charge >= 0.3 is 5.97 Å². The number of halogens is 1. The Hall–Kier alpha value is -1.29. The molecule has 4 nitrogen and oxygen atoms in total. The van der Waals surface area contributed by atoms with Crippen LogP contribution in [0.15, 0.2) is 18.3 Å². The monoisotopic (exact) mass is 383 g/mol. The van der Waals surface area contributed by atoms with Gasteiger partial charge in [0.15, 0.2) is 0 Å². The lowest BCUT2D eigenvalue weighted by atomic mass is 10.0. The van der Waals surface area contributed by atoms with Crippen LogP contribution in [0.3, 0.4) is 0 Å². The molecule has 1 aromatic rings. The van der Waals surface area contributed by atoms with Crippen molar-refractivity contribution in [2.45, 2.75) is 89.4 Å². The molecule has 148 valence electrons. The zero-order chi connectivity index (χ0) is 19.2. The Balaban J connectivity index is 2.13. The number of methoxy groups -OCH3 is 1. The van der Waals surface area contributed by atoms with E-state index in [0.29, 0.717) is 0 Å². The minimum atomic E-state index is -0.510. The fraction of sp³-hybridized carbons (Fsp3) is 0.714. The quantitative estimate of drug-likeness (QED) is 0.217. The first-order valence-electron chi connectivity index (χ1n) is 10.0. The highest BCUT2D eigenvalue weighted by molar-refractivity contribution is 6.21. The van der Waals surface area contributed by atoms with Gasteiger partial charge < -0.3 is 4.74 Å². The van der Waals surface area contributed by atoms with Gasteiger partial charge in [-0.1, -0.05) is 71.1 Å². The molecule has 1 aromatic heterocycles. The molecule has 0 saturated heterocycles. The van der Waals surface area contributed by atoms with Gasteiger partial charge in [-0.25, -0.2) is 4.79 Å². The number of esters is 1. The van der Waals surface area contributed by atoms with E-state index in [9.17, 15) is 9.59 Å². The van der Waals surface area contributed by atoms with Crippen molar-refractivity contribution in [1.29, 1.82) is 0 Å². The first-order valence-corrected chi connectivity index (χ1v) is 10.5. The Bertz CT molecular complexity index is 527. The van der Waals surface area contributed by atoms with Crippen LogP contribution in [0.25, 0.3) is 0 Å². The normalized spacial score (nSPS) is 12.1. The molecule has 0 N–H and O–H groups in total. The molecule has 0 aliphatic carbocycles. The molecule has 0 saturated carbocycles. The molecule has 0 aromatic carbocycles. The lowest BCUT2D eigenvalue weighted by Crippen LogP contribution is -2.20. The third-order valence-electron chi connectivity index (χ3n) is 4.68. The molecule has 1 unspecified atom stereocenters. The number of ether oxygens (including phenoxy) is 1. The van der Waals surface area contributed by atoms with Crippen molar-refractivity contribution < 1.29 is 14.3 Å². The van der Waals surface area contributed by atoms with Crippen LogP contribution in [-0.4, -0.2) is 28.9 Å². The van der Waals surface area contributed by atoms with Crippen molar-refractivity contribution >= 4 is 23.5 Å². The van der Waals surface area contributed by atoms with Crippen LogP contribution in [0.4, 0.5) is 0 Å². The topological polar surface area (TPSA) is 48.3 Å². The molecule has 26 heavy (non-hydrogen) atoms. The smallest absolute Gasteiger partial charge is 0.355 e. The average Bonchev–Trinajstić information content (AvgIpc) is 3.12. The lowest BCUT2D eigenvalue weighted by Gasteiger charge is -2.11. The number of alkyl halides is 1. The molecule has 0 amide bonds. The maximum atomic E-state index is 12.3. The molecule has 0 aliphatic rings. The first kappa shape index (κ1) is 22.8. The summed E-state index contributed by atoms with van der Waals surface area (Å²) in [4.78, 5) is 23.9. The summed E-state index contributed by atoms with van der Waals surface area (Å²) in [6.45, 7) is 2.24.